The maximum atomic E-state index is 12.3. The van der Waals surface area contributed by atoms with Gasteiger partial charge in [-0.3, -0.25) is 4.79 Å². The molecule has 0 radical (unpaired) electrons. The van der Waals surface area contributed by atoms with E-state index < -0.39 is 11.9 Å². The first-order valence-electron chi connectivity index (χ1n) is 9.47. The van der Waals surface area contributed by atoms with Crippen LogP contribution in [0.1, 0.15) is 37.7 Å². The third-order valence-electron chi connectivity index (χ3n) is 5.40. The molecule has 0 saturated carbocycles. The van der Waals surface area contributed by atoms with Gasteiger partial charge in [0.05, 0.1) is 18.2 Å². The molecule has 1 aliphatic rings. The molecule has 2 heterocycles. The van der Waals surface area contributed by atoms with E-state index in [-0.39, 0.29) is 6.79 Å². The van der Waals surface area contributed by atoms with Crippen LogP contribution in [0.3, 0.4) is 0 Å². The first-order valence-corrected chi connectivity index (χ1v) is 9.47. The Morgan fingerprint density at radius 2 is 1.73 bits per heavy atom. The predicted molar refractivity (Wildman–Crippen MR) is 111 cm³/mol. The Morgan fingerprint density at radius 1 is 1.03 bits per heavy atom. The maximum Gasteiger partial charge on any atom is 0.337 e. The third kappa shape index (κ3) is 3.28. The molecule has 7 nitrogen and oxygen atoms in total. The largest absolute Gasteiger partial charge is 0.465 e. The van der Waals surface area contributed by atoms with Crippen LogP contribution in [0.4, 0.5) is 0 Å². The lowest BCUT2D eigenvalue weighted by molar-refractivity contribution is 0.0600. The minimum atomic E-state index is -0.493. The Labute approximate surface area is 174 Å². The number of amides is 1. The van der Waals surface area contributed by atoms with Gasteiger partial charge in [0.2, 0.25) is 6.79 Å². The normalized spacial score (nSPS) is 12.1. The van der Waals surface area contributed by atoms with Gasteiger partial charge in [-0.05, 0) is 49.2 Å². The first-order chi connectivity index (χ1) is 14.4. The summed E-state index contributed by atoms with van der Waals surface area (Å²) in [7, 11) is 1.34. The monoisotopic (exact) mass is 406 g/mol. The number of primary amides is 1. The van der Waals surface area contributed by atoms with E-state index in [2.05, 4.69) is 4.57 Å². The minimum Gasteiger partial charge on any atom is -0.465 e. The van der Waals surface area contributed by atoms with Crippen molar-refractivity contribution in [2.24, 2.45) is 5.73 Å². The molecule has 7 heteroatoms. The summed E-state index contributed by atoms with van der Waals surface area (Å²) in [5.41, 5.74) is 10.9. The second-order valence-corrected chi connectivity index (χ2v) is 7.13. The van der Waals surface area contributed by atoms with Crippen LogP contribution in [-0.4, -0.2) is 30.3 Å². The van der Waals surface area contributed by atoms with Crippen molar-refractivity contribution >= 4 is 11.9 Å². The molecule has 1 aromatic heterocycles. The van der Waals surface area contributed by atoms with E-state index in [1.807, 2.05) is 32.0 Å². The number of ether oxygens (including phenoxy) is 3. The number of carbonyl (C=O) groups is 2. The Kier molecular flexibility index (Phi) is 4.95. The zero-order valence-corrected chi connectivity index (χ0v) is 17.0. The van der Waals surface area contributed by atoms with Gasteiger partial charge in [0.15, 0.2) is 11.5 Å². The molecule has 2 N–H and O–H groups in total. The van der Waals surface area contributed by atoms with Gasteiger partial charge in [0, 0.05) is 23.5 Å². The molecule has 154 valence electrons. The topological polar surface area (TPSA) is 92.8 Å². The summed E-state index contributed by atoms with van der Waals surface area (Å²) in [4.78, 5) is 24.0. The molecule has 30 heavy (non-hydrogen) atoms. The van der Waals surface area contributed by atoms with Gasteiger partial charge in [-0.25, -0.2) is 4.79 Å². The van der Waals surface area contributed by atoms with Crippen molar-refractivity contribution in [3.63, 3.8) is 0 Å². The van der Waals surface area contributed by atoms with Gasteiger partial charge in [-0.2, -0.15) is 0 Å². The summed E-state index contributed by atoms with van der Waals surface area (Å²) in [6.07, 6.45) is 0. The summed E-state index contributed by atoms with van der Waals surface area (Å²) < 4.78 is 17.7. The molecule has 0 spiro atoms. The lowest BCUT2D eigenvalue weighted by Crippen LogP contribution is -2.13. The minimum absolute atomic E-state index is 0.220. The summed E-state index contributed by atoms with van der Waals surface area (Å²) in [6.45, 7) is 4.61. The van der Waals surface area contributed by atoms with Crippen LogP contribution in [0.5, 0.6) is 11.5 Å². The van der Waals surface area contributed by atoms with Crippen molar-refractivity contribution in [3.8, 4) is 22.6 Å². The molecule has 0 aliphatic carbocycles. The molecular formula is C23H22N2O5. The maximum absolute atomic E-state index is 12.3. The van der Waals surface area contributed by atoms with E-state index in [4.69, 9.17) is 19.9 Å². The number of nitrogens with zero attached hydrogens (tertiary/aromatic N) is 1. The van der Waals surface area contributed by atoms with Crippen LogP contribution in [-0.2, 0) is 11.3 Å². The summed E-state index contributed by atoms with van der Waals surface area (Å²) >= 11 is 0. The molecule has 1 amide bonds. The van der Waals surface area contributed by atoms with Crippen LogP contribution >= 0.6 is 0 Å². The van der Waals surface area contributed by atoms with E-state index in [1.165, 1.54) is 7.11 Å². The number of methoxy groups -OCH3 is 1. The Hall–Kier alpha value is -3.74. The number of hydrogen-bond donors (Lipinski definition) is 1. The Morgan fingerprint density at radius 3 is 2.40 bits per heavy atom. The number of rotatable bonds is 5. The number of esters is 1. The second kappa shape index (κ2) is 7.59. The van der Waals surface area contributed by atoms with Crippen LogP contribution in [0, 0.1) is 13.8 Å². The van der Waals surface area contributed by atoms with E-state index in [9.17, 15) is 9.59 Å². The van der Waals surface area contributed by atoms with Crippen LogP contribution in [0.25, 0.3) is 11.1 Å². The van der Waals surface area contributed by atoms with Crippen molar-refractivity contribution in [3.05, 3.63) is 70.5 Å². The smallest absolute Gasteiger partial charge is 0.337 e. The molecular weight excluding hydrogens is 384 g/mol. The quantitative estimate of drug-likeness (QED) is 0.655. The van der Waals surface area contributed by atoms with Crippen LogP contribution in [0.15, 0.2) is 42.5 Å². The second-order valence-electron chi connectivity index (χ2n) is 7.13. The molecule has 0 fully saturated rings. The number of fused-ring (bicyclic) bond motifs is 1. The first kappa shape index (κ1) is 19.6. The van der Waals surface area contributed by atoms with E-state index in [0.29, 0.717) is 23.4 Å². The molecule has 4 rings (SSSR count). The lowest BCUT2D eigenvalue weighted by atomic mass is 9.99. The highest BCUT2D eigenvalue weighted by molar-refractivity contribution is 6.02. The van der Waals surface area contributed by atoms with E-state index in [1.54, 1.807) is 24.3 Å². The van der Waals surface area contributed by atoms with Gasteiger partial charge >= 0.3 is 5.97 Å². The predicted octanol–water partition coefficient (Wildman–Crippen LogP) is 3.43. The van der Waals surface area contributed by atoms with Gasteiger partial charge < -0.3 is 24.5 Å². The third-order valence-corrected chi connectivity index (χ3v) is 5.40. The number of carbonyl (C=O) groups excluding carboxylic acids is 2. The number of benzene rings is 2. The molecule has 1 aliphatic heterocycles. The lowest BCUT2D eigenvalue weighted by Gasteiger charge is -2.11. The van der Waals surface area contributed by atoms with Gasteiger partial charge in [0.25, 0.3) is 5.91 Å². The molecule has 3 aromatic rings. The summed E-state index contributed by atoms with van der Waals surface area (Å²) in [5, 5.41) is 0. The highest BCUT2D eigenvalue weighted by Gasteiger charge is 2.23. The molecule has 0 bridgehead atoms. The SMILES string of the molecule is COC(=O)c1ccc(-c2c(C(N)=O)c(C)n(Cc3ccc4c(c3)OCO4)c2C)cc1. The van der Waals surface area contributed by atoms with Crippen molar-refractivity contribution in [2.45, 2.75) is 20.4 Å². The van der Waals surface area contributed by atoms with Crippen LogP contribution in [0.2, 0.25) is 0 Å². The number of hydrogen-bond acceptors (Lipinski definition) is 5. The Bertz CT molecular complexity index is 1150. The van der Waals surface area contributed by atoms with Crippen molar-refractivity contribution in [1.29, 1.82) is 0 Å². The van der Waals surface area contributed by atoms with Crippen LogP contribution < -0.4 is 15.2 Å². The van der Waals surface area contributed by atoms with Gasteiger partial charge in [-0.1, -0.05) is 18.2 Å². The van der Waals surface area contributed by atoms with Gasteiger partial charge in [0.1, 0.15) is 0 Å². The van der Waals surface area contributed by atoms with E-state index >= 15 is 0 Å². The Balaban J connectivity index is 1.76. The number of nitrogens with two attached hydrogens (primary N) is 1. The zero-order valence-electron chi connectivity index (χ0n) is 17.0. The fraction of sp³-hybridized carbons (Fsp3) is 0.217. The molecule has 0 atom stereocenters. The average Bonchev–Trinajstić information content (AvgIpc) is 3.30. The van der Waals surface area contributed by atoms with E-state index in [0.717, 1.165) is 33.8 Å². The molecule has 0 unspecified atom stereocenters. The standard InChI is InChI=1S/C23H22N2O5/c1-13-20(16-5-7-17(8-6-16)23(27)28-3)21(22(24)26)14(2)25(13)11-15-4-9-18-19(10-15)30-12-29-18/h4-10H,11-12H2,1-3H3,(H2,24,26). The van der Waals surface area contributed by atoms with Crippen molar-refractivity contribution < 1.29 is 23.8 Å². The van der Waals surface area contributed by atoms with Crippen molar-refractivity contribution in [1.82, 2.24) is 4.57 Å². The average molecular weight is 406 g/mol. The summed E-state index contributed by atoms with van der Waals surface area (Å²) in [5.74, 6) is 0.532. The number of aromatic nitrogens is 1. The molecule has 2 aromatic carbocycles. The highest BCUT2D eigenvalue weighted by Crippen LogP contribution is 2.35. The fourth-order valence-electron chi connectivity index (χ4n) is 3.89. The zero-order chi connectivity index (χ0) is 21.4. The van der Waals surface area contributed by atoms with Gasteiger partial charge in [-0.15, -0.1) is 0 Å². The fourth-order valence-corrected chi connectivity index (χ4v) is 3.89. The molecule has 0 saturated heterocycles. The highest BCUT2D eigenvalue weighted by atomic mass is 16.7. The summed E-state index contributed by atoms with van der Waals surface area (Å²) in [6, 6.07) is 12.7. The van der Waals surface area contributed by atoms with Crippen molar-refractivity contribution in [2.75, 3.05) is 13.9 Å².